The lowest BCUT2D eigenvalue weighted by Gasteiger charge is -2.62. The number of carbonyl (C=O) groups is 3. The van der Waals surface area contributed by atoms with Gasteiger partial charge in [0.1, 0.15) is 24.4 Å². The van der Waals surface area contributed by atoms with E-state index >= 15 is 4.39 Å². The van der Waals surface area contributed by atoms with Crippen LogP contribution in [0.4, 0.5) is 4.39 Å². The van der Waals surface area contributed by atoms with Gasteiger partial charge in [-0.2, -0.15) is 0 Å². The maximum absolute atomic E-state index is 17.4. The van der Waals surface area contributed by atoms with Crippen LogP contribution in [0.25, 0.3) is 0 Å². The zero-order valence-corrected chi connectivity index (χ0v) is 47.9. The van der Waals surface area contributed by atoms with Gasteiger partial charge in [0.2, 0.25) is 0 Å². The summed E-state index contributed by atoms with van der Waals surface area (Å²) in [6, 6.07) is -0.521. The molecule has 0 aromatic heterocycles. The zero-order chi connectivity index (χ0) is 56.7. The molecule has 3 saturated carbocycles. The molecule has 12 N–H and O–H groups in total. The molecule has 3 unspecified atom stereocenters. The predicted molar refractivity (Wildman–Crippen MR) is 286 cm³/mol. The van der Waals surface area contributed by atoms with Crippen molar-refractivity contribution in [3.8, 4) is 0 Å². The van der Waals surface area contributed by atoms with Crippen LogP contribution in [0.15, 0.2) is 23.8 Å². The fourth-order valence-electron chi connectivity index (χ4n) is 12.7. The maximum Gasteiger partial charge on any atom is 0.308 e. The molecule has 0 radical (unpaired) electrons. The summed E-state index contributed by atoms with van der Waals surface area (Å²) >= 11 is 0. The van der Waals surface area contributed by atoms with Gasteiger partial charge in [0.25, 0.3) is 5.91 Å². The van der Waals surface area contributed by atoms with E-state index < -0.39 is 101 Å². The number of carbonyl (C=O) groups excluding carboxylic acids is 3. The Bertz CT molecular complexity index is 1840. The summed E-state index contributed by atoms with van der Waals surface area (Å²) in [5.74, 6) is -2.50. The number of amides is 1. The Kier molecular flexibility index (Phi) is 28.3. The smallest absolute Gasteiger partial charge is 0.308 e. The second kappa shape index (κ2) is 30.9. The molecule has 3 aliphatic heterocycles. The number of hydrogen-bond donors (Lipinski definition) is 10. The highest BCUT2D eigenvalue weighted by atomic mass is 19.1. The van der Waals surface area contributed by atoms with E-state index in [-0.39, 0.29) is 55.2 Å². The van der Waals surface area contributed by atoms with Gasteiger partial charge in [0.15, 0.2) is 24.0 Å². The van der Waals surface area contributed by atoms with Crippen molar-refractivity contribution in [1.82, 2.24) is 15.5 Å². The summed E-state index contributed by atoms with van der Waals surface area (Å²) < 4.78 is 37.8. The number of aliphatic hydroxyl groups is 8. The van der Waals surface area contributed by atoms with E-state index in [9.17, 15) is 50.1 Å². The lowest BCUT2D eigenvalue weighted by Crippen LogP contribution is -2.69. The van der Waals surface area contributed by atoms with E-state index in [2.05, 4.69) is 10.6 Å². The van der Waals surface area contributed by atoms with Crippen LogP contribution in [0.1, 0.15) is 159 Å². The first-order valence-electron chi connectivity index (χ1n) is 27.9. The van der Waals surface area contributed by atoms with E-state index in [1.165, 1.54) is 19.3 Å². The summed E-state index contributed by atoms with van der Waals surface area (Å²) in [5, 5.41) is 89.1. The number of allylic oxidation sites excluding steroid dienone is 4. The van der Waals surface area contributed by atoms with Gasteiger partial charge in [0, 0.05) is 49.4 Å². The monoisotopic (exact) mass is 1090 g/mol. The molecular weight excluding hydrogens is 990 g/mol. The number of fused-ring (bicyclic) bond motifs is 5. The van der Waals surface area contributed by atoms with Gasteiger partial charge in [-0.25, -0.2) is 4.39 Å². The molecule has 0 aromatic rings. The van der Waals surface area contributed by atoms with Crippen molar-refractivity contribution in [3.05, 3.63) is 23.8 Å². The zero-order valence-electron chi connectivity index (χ0n) is 47.9. The average Bonchev–Trinajstić information content (AvgIpc) is 3.63. The van der Waals surface area contributed by atoms with Gasteiger partial charge in [-0.05, 0) is 157 Å². The number of alkyl halides is 1. The molecule has 6 fully saturated rings. The summed E-state index contributed by atoms with van der Waals surface area (Å²) in [5.41, 5.74) is -6.07. The Morgan fingerprint density at radius 2 is 1.49 bits per heavy atom. The summed E-state index contributed by atoms with van der Waals surface area (Å²) in [6.07, 6.45) is 6.01. The fraction of sp³-hybridized carbons (Fsp3) is 0.875. The van der Waals surface area contributed by atoms with Gasteiger partial charge in [0.05, 0.1) is 42.0 Å². The molecule has 3 heterocycles. The third kappa shape index (κ3) is 16.3. The Morgan fingerprint density at radius 1 is 0.855 bits per heavy atom. The van der Waals surface area contributed by atoms with Crippen molar-refractivity contribution < 1.29 is 84.0 Å². The quantitative estimate of drug-likeness (QED) is 0.135. The van der Waals surface area contributed by atoms with Crippen molar-refractivity contribution in [2.45, 2.75) is 237 Å². The van der Waals surface area contributed by atoms with Gasteiger partial charge in [-0.1, -0.05) is 45.8 Å². The molecule has 0 bridgehead atoms. The topological polar surface area (TPSA) is 309 Å². The van der Waals surface area contributed by atoms with Crippen molar-refractivity contribution in [1.29, 1.82) is 0 Å². The number of esters is 1. The highest BCUT2D eigenvalue weighted by molar-refractivity contribution is 6.01. The van der Waals surface area contributed by atoms with Crippen LogP contribution in [0.2, 0.25) is 0 Å². The van der Waals surface area contributed by atoms with Gasteiger partial charge >= 0.3 is 5.97 Å². The number of methoxy groups -OCH3 is 1. The lowest BCUT2D eigenvalue weighted by atomic mass is 9.45. The van der Waals surface area contributed by atoms with Crippen LogP contribution in [-0.2, 0) is 33.3 Å². The summed E-state index contributed by atoms with van der Waals surface area (Å²) in [4.78, 5) is 40.2. The van der Waals surface area contributed by atoms with Crippen LogP contribution in [-0.4, -0.2) is 195 Å². The van der Waals surface area contributed by atoms with E-state index in [0.29, 0.717) is 82.9 Å². The molecule has 4 aliphatic carbocycles. The molecule has 0 aromatic carbocycles. The molecular formula is C56H102FN3O16. The normalized spacial score (nSPS) is 41.8. The molecule has 1 amide bonds. The highest BCUT2D eigenvalue weighted by Gasteiger charge is 2.74. The van der Waals surface area contributed by atoms with Gasteiger partial charge in [-0.15, -0.1) is 0 Å². The SMILES string of the molecule is CC.CNC.CO[C@@]1(C)C[C@@H](O)OC(C)[C@H]1O.C[C@@H]1CCC[C@H](O)CCCN(CCCNC(=O)[C@@]2(O)CCC3C4CCC5=CC(=O)C=C[C@]5(C)[C@@]4(F)[C@@H](O)C[C@@]32C)[C@H](C)[C@@H](O)[C@H](O)COC1=O.C[C@@H]1CCC[C@H](O)O1.O. The van der Waals surface area contributed by atoms with Crippen LogP contribution < -0.4 is 10.6 Å². The number of hydrogen-bond acceptors (Lipinski definition) is 17. The fourth-order valence-corrected chi connectivity index (χ4v) is 12.7. The minimum atomic E-state index is -2.04. The number of ether oxygens (including phenoxy) is 4. The Hall–Kier alpha value is -2.54. The predicted octanol–water partition coefficient (Wildman–Crippen LogP) is 3.32. The molecule has 7 aliphatic rings. The first kappa shape index (κ1) is 69.6. The van der Waals surface area contributed by atoms with Crippen LogP contribution >= 0.6 is 0 Å². The minimum Gasteiger partial charge on any atom is -0.463 e. The molecule has 18 atom stereocenters. The summed E-state index contributed by atoms with van der Waals surface area (Å²) in [7, 11) is 5.27. The van der Waals surface area contributed by atoms with Crippen molar-refractivity contribution >= 4 is 17.7 Å². The minimum absolute atomic E-state index is 0. The van der Waals surface area contributed by atoms with E-state index in [0.717, 1.165) is 19.3 Å². The lowest BCUT2D eigenvalue weighted by molar-refractivity contribution is -0.263. The van der Waals surface area contributed by atoms with E-state index in [4.69, 9.17) is 24.1 Å². The van der Waals surface area contributed by atoms with Gasteiger partial charge < -0.3 is 75.9 Å². The van der Waals surface area contributed by atoms with E-state index in [1.54, 1.807) is 47.6 Å². The molecule has 0 spiro atoms. The Labute approximate surface area is 452 Å². The number of ketones is 1. The number of rotatable bonds is 6. The summed E-state index contributed by atoms with van der Waals surface area (Å²) in [6.45, 7) is 17.4. The number of cyclic esters (lactones) is 1. The maximum atomic E-state index is 17.4. The first-order chi connectivity index (χ1) is 35.2. The van der Waals surface area contributed by atoms with Gasteiger partial charge in [-0.3, -0.25) is 19.3 Å². The number of nitrogens with one attached hydrogen (secondary N) is 2. The van der Waals surface area contributed by atoms with Crippen molar-refractivity contribution in [2.24, 2.45) is 28.6 Å². The molecule has 19 nitrogen and oxygen atoms in total. The second-order valence-electron chi connectivity index (χ2n) is 22.7. The number of aliphatic hydroxyl groups excluding tert-OH is 7. The molecule has 20 heteroatoms. The third-order valence-electron chi connectivity index (χ3n) is 17.4. The van der Waals surface area contributed by atoms with Crippen LogP contribution in [0.3, 0.4) is 0 Å². The van der Waals surface area contributed by atoms with Crippen LogP contribution in [0.5, 0.6) is 0 Å². The molecule has 3 saturated heterocycles. The Morgan fingerprint density at radius 3 is 2.09 bits per heavy atom. The second-order valence-corrected chi connectivity index (χ2v) is 22.7. The van der Waals surface area contributed by atoms with Crippen molar-refractivity contribution in [3.63, 3.8) is 0 Å². The van der Waals surface area contributed by atoms with Crippen molar-refractivity contribution in [2.75, 3.05) is 47.4 Å². The van der Waals surface area contributed by atoms with Crippen LogP contribution in [0, 0.1) is 28.6 Å². The molecule has 7 rings (SSSR count). The number of halogens is 1. The average molecular weight is 1090 g/mol. The Balaban J connectivity index is 0.000000622. The highest BCUT2D eigenvalue weighted by Crippen LogP contribution is 2.69. The standard InChI is InChI=1S/C38H59FN2O9.C8H16O4.C6H12O2.C2H7N.C2H6.H2O/c1-23-8-5-9-26(42)10-6-18-41(24(2)32(46)30(44)22-50-33(23)47)19-7-17-40-34(48)37(49)16-14-28-29-12-11-25-20-27(43)13-15-35(25,3)38(29,39)31(45)21-36(28,37)4;1-5-7(10)8(2,11-3)4-6(9)12-5;1-5-3-2-4-6(7)8-5;1-3-2;1-2;/h13,15,20,23-24,26,28-32,42,44-46,49H,5-12,14,16-19,21-22H2,1-4H3,(H,40,48);5-7,9-10H,4H2,1-3H3;5-7H,2-4H2,1H3;3H,1-2H3;1-2H3;1H2/t23-,24-,26+,28?,29?,30-,31+,32-,35+,36+,37+,38+;5?,6-,7+,8-;5-,6-;;;/m101.../s1. The first-order valence-corrected chi connectivity index (χ1v) is 27.9. The number of nitrogens with zero attached hydrogens (tertiary/aromatic N) is 1. The largest absolute Gasteiger partial charge is 0.463 e. The van der Waals surface area contributed by atoms with E-state index in [1.807, 2.05) is 39.8 Å². The third-order valence-corrected chi connectivity index (χ3v) is 17.4. The molecule has 76 heavy (non-hydrogen) atoms. The molecule has 444 valence electrons.